The maximum absolute atomic E-state index is 3.99. The predicted octanol–water partition coefficient (Wildman–Crippen LogP) is 3.32. The molecule has 2 unspecified atom stereocenters. The second-order valence-electron chi connectivity index (χ2n) is 6.59. The summed E-state index contributed by atoms with van der Waals surface area (Å²) in [5.74, 6) is 1.80. The van der Waals surface area contributed by atoms with Crippen LogP contribution in [0.15, 0.2) is 24.3 Å². The van der Waals surface area contributed by atoms with Gasteiger partial charge in [-0.2, -0.15) is 0 Å². The van der Waals surface area contributed by atoms with E-state index in [1.54, 1.807) is 11.1 Å². The van der Waals surface area contributed by atoms with Gasteiger partial charge in [-0.15, -0.1) is 0 Å². The number of nitrogens with one attached hydrogen (secondary N) is 1. The van der Waals surface area contributed by atoms with Gasteiger partial charge in [0.25, 0.3) is 0 Å². The number of benzene rings is 1. The van der Waals surface area contributed by atoms with Crippen LogP contribution in [0, 0.1) is 11.8 Å². The van der Waals surface area contributed by atoms with Gasteiger partial charge in [0.2, 0.25) is 0 Å². The molecule has 96 valence electrons. The van der Waals surface area contributed by atoms with Gasteiger partial charge in [-0.3, -0.25) is 0 Å². The largest absolute Gasteiger partial charge is 0.311 e. The van der Waals surface area contributed by atoms with Gasteiger partial charge in [0.15, 0.2) is 0 Å². The first-order valence-electron chi connectivity index (χ1n) is 7.73. The Bertz CT molecular complexity index is 402. The number of hydrogen-bond donors (Lipinski definition) is 1. The van der Waals surface area contributed by atoms with Crippen molar-refractivity contribution in [2.45, 2.75) is 57.0 Å². The van der Waals surface area contributed by atoms with Gasteiger partial charge in [-0.1, -0.05) is 30.7 Å². The van der Waals surface area contributed by atoms with E-state index in [-0.39, 0.29) is 0 Å². The molecule has 0 heterocycles. The van der Waals surface area contributed by atoms with Crippen LogP contribution in [0.3, 0.4) is 0 Å². The van der Waals surface area contributed by atoms with Crippen molar-refractivity contribution in [1.82, 2.24) is 5.32 Å². The maximum Gasteiger partial charge on any atom is 0.0132 e. The number of hydrogen-bond acceptors (Lipinski definition) is 1. The molecule has 4 rings (SSSR count). The zero-order valence-electron chi connectivity index (χ0n) is 11.1. The van der Waals surface area contributed by atoms with Crippen LogP contribution >= 0.6 is 0 Å². The lowest BCUT2D eigenvalue weighted by Crippen LogP contribution is -2.47. The second kappa shape index (κ2) is 4.38. The fourth-order valence-electron chi connectivity index (χ4n) is 4.27. The van der Waals surface area contributed by atoms with Crippen LogP contribution in [0.2, 0.25) is 0 Å². The normalized spacial score (nSPS) is 34.8. The van der Waals surface area contributed by atoms with Crippen molar-refractivity contribution in [3.8, 4) is 0 Å². The fraction of sp³-hybridized carbons (Fsp3) is 0.647. The van der Waals surface area contributed by atoms with Crippen molar-refractivity contribution < 1.29 is 0 Å². The van der Waals surface area contributed by atoms with E-state index in [2.05, 4.69) is 29.6 Å². The first-order chi connectivity index (χ1) is 8.90. The standard InChI is InChI=1S/C17H23N/c1-2-5-13-11-15-9-8-14(10-12(13)4-1)17(15)18-16-6-3-7-16/h1-2,4-5,14-18H,3,6-11H2. The Morgan fingerprint density at radius 2 is 1.44 bits per heavy atom. The number of rotatable bonds is 2. The van der Waals surface area contributed by atoms with Crippen molar-refractivity contribution in [2.75, 3.05) is 0 Å². The molecule has 18 heavy (non-hydrogen) atoms. The third-order valence-corrected chi connectivity index (χ3v) is 5.54. The molecular weight excluding hydrogens is 218 g/mol. The minimum Gasteiger partial charge on any atom is -0.311 e. The van der Waals surface area contributed by atoms with Crippen LogP contribution in [0.25, 0.3) is 0 Å². The smallest absolute Gasteiger partial charge is 0.0132 e. The molecule has 2 atom stereocenters. The van der Waals surface area contributed by atoms with E-state index >= 15 is 0 Å². The molecule has 1 aromatic rings. The maximum atomic E-state index is 3.99. The zero-order valence-corrected chi connectivity index (χ0v) is 11.1. The van der Waals surface area contributed by atoms with Crippen LogP contribution in [-0.4, -0.2) is 12.1 Å². The Morgan fingerprint density at radius 3 is 1.94 bits per heavy atom. The highest BCUT2D eigenvalue weighted by Gasteiger charge is 2.40. The molecule has 2 bridgehead atoms. The van der Waals surface area contributed by atoms with Gasteiger partial charge < -0.3 is 5.32 Å². The highest BCUT2D eigenvalue weighted by atomic mass is 15.0. The Morgan fingerprint density at radius 1 is 0.833 bits per heavy atom. The van der Waals surface area contributed by atoms with Gasteiger partial charge in [-0.25, -0.2) is 0 Å². The zero-order chi connectivity index (χ0) is 11.9. The minimum atomic E-state index is 0.808. The average Bonchev–Trinajstić information content (AvgIpc) is 2.59. The van der Waals surface area contributed by atoms with Crippen molar-refractivity contribution in [3.05, 3.63) is 35.4 Å². The van der Waals surface area contributed by atoms with Crippen LogP contribution in [0.4, 0.5) is 0 Å². The summed E-state index contributed by atoms with van der Waals surface area (Å²) in [6.45, 7) is 0. The molecule has 1 aromatic carbocycles. The summed E-state index contributed by atoms with van der Waals surface area (Å²) in [6, 6.07) is 10.8. The molecule has 1 heteroatoms. The first-order valence-corrected chi connectivity index (χ1v) is 7.73. The predicted molar refractivity (Wildman–Crippen MR) is 74.6 cm³/mol. The summed E-state index contributed by atoms with van der Waals surface area (Å²) in [5.41, 5.74) is 3.26. The fourth-order valence-corrected chi connectivity index (χ4v) is 4.27. The quantitative estimate of drug-likeness (QED) is 0.837. The van der Waals surface area contributed by atoms with Crippen molar-refractivity contribution >= 4 is 0 Å². The summed E-state index contributed by atoms with van der Waals surface area (Å²) >= 11 is 0. The SMILES string of the molecule is c1ccc2c(c1)CC1CCC(C2)C1NC1CCC1. The van der Waals surface area contributed by atoms with E-state index in [4.69, 9.17) is 0 Å². The van der Waals surface area contributed by atoms with Gasteiger partial charge in [0, 0.05) is 12.1 Å². The van der Waals surface area contributed by atoms with Gasteiger partial charge >= 0.3 is 0 Å². The third-order valence-electron chi connectivity index (χ3n) is 5.54. The van der Waals surface area contributed by atoms with Crippen LogP contribution in [0.1, 0.15) is 43.2 Å². The molecule has 0 aromatic heterocycles. The van der Waals surface area contributed by atoms with Gasteiger partial charge in [0.05, 0.1) is 0 Å². The van der Waals surface area contributed by atoms with Gasteiger partial charge in [-0.05, 0) is 61.5 Å². The molecule has 2 saturated carbocycles. The molecular formula is C17H23N. The average molecular weight is 241 g/mol. The Labute approximate surface area is 110 Å². The molecule has 1 N–H and O–H groups in total. The molecule has 0 saturated heterocycles. The lowest BCUT2D eigenvalue weighted by molar-refractivity contribution is 0.244. The highest BCUT2D eigenvalue weighted by molar-refractivity contribution is 5.30. The molecule has 3 aliphatic rings. The van der Waals surface area contributed by atoms with E-state index < -0.39 is 0 Å². The first kappa shape index (κ1) is 11.0. The lowest BCUT2D eigenvalue weighted by Gasteiger charge is -2.34. The van der Waals surface area contributed by atoms with Crippen molar-refractivity contribution in [2.24, 2.45) is 11.8 Å². The van der Waals surface area contributed by atoms with E-state index in [9.17, 15) is 0 Å². The second-order valence-corrected chi connectivity index (χ2v) is 6.59. The van der Waals surface area contributed by atoms with E-state index in [0.29, 0.717) is 0 Å². The lowest BCUT2D eigenvalue weighted by atomic mass is 9.88. The van der Waals surface area contributed by atoms with E-state index in [1.807, 2.05) is 0 Å². The molecule has 0 radical (unpaired) electrons. The summed E-state index contributed by atoms with van der Waals surface area (Å²) in [7, 11) is 0. The highest BCUT2D eigenvalue weighted by Crippen LogP contribution is 2.41. The summed E-state index contributed by atoms with van der Waals surface area (Å²) in [6.07, 6.45) is 9.81. The van der Waals surface area contributed by atoms with Gasteiger partial charge in [0.1, 0.15) is 0 Å². The van der Waals surface area contributed by atoms with Crippen molar-refractivity contribution in [1.29, 1.82) is 0 Å². The summed E-state index contributed by atoms with van der Waals surface area (Å²) in [5, 5.41) is 3.99. The molecule has 0 spiro atoms. The van der Waals surface area contributed by atoms with E-state index in [1.165, 1.54) is 44.9 Å². The topological polar surface area (TPSA) is 12.0 Å². The van der Waals surface area contributed by atoms with Crippen LogP contribution in [-0.2, 0) is 12.8 Å². The Kier molecular flexibility index (Phi) is 2.69. The Balaban J connectivity index is 1.58. The monoisotopic (exact) mass is 241 g/mol. The summed E-state index contributed by atoms with van der Waals surface area (Å²) < 4.78 is 0. The van der Waals surface area contributed by atoms with Crippen molar-refractivity contribution in [3.63, 3.8) is 0 Å². The van der Waals surface area contributed by atoms with E-state index in [0.717, 1.165) is 23.9 Å². The Hall–Kier alpha value is -0.820. The molecule has 0 aliphatic heterocycles. The molecule has 3 aliphatic carbocycles. The molecule has 2 fully saturated rings. The minimum absolute atomic E-state index is 0.808. The summed E-state index contributed by atoms with van der Waals surface area (Å²) in [4.78, 5) is 0. The molecule has 0 amide bonds. The number of fused-ring (bicyclic) bond motifs is 3. The van der Waals surface area contributed by atoms with Crippen LogP contribution < -0.4 is 5.32 Å². The third kappa shape index (κ3) is 1.80. The molecule has 1 nitrogen and oxygen atoms in total. The van der Waals surface area contributed by atoms with Crippen LogP contribution in [0.5, 0.6) is 0 Å².